The molecule has 8 nitrogen and oxygen atoms in total. The zero-order valence-electron chi connectivity index (χ0n) is 26.9. The van der Waals surface area contributed by atoms with Crippen molar-refractivity contribution in [3.63, 3.8) is 0 Å². The molecule has 46 heavy (non-hydrogen) atoms. The Hall–Kier alpha value is -3.65. The van der Waals surface area contributed by atoms with Gasteiger partial charge in [-0.25, -0.2) is 9.59 Å². The average molecular weight is 666 g/mol. The van der Waals surface area contributed by atoms with Gasteiger partial charge in [0.25, 0.3) is 0 Å². The quantitative estimate of drug-likeness (QED) is 0.169. The first kappa shape index (κ1) is 42.3. The second-order valence-corrected chi connectivity index (χ2v) is 12.7. The Kier molecular flexibility index (Phi) is 15.9. The lowest BCUT2D eigenvalue weighted by atomic mass is 9.74. The summed E-state index contributed by atoms with van der Waals surface area (Å²) in [5.41, 5.74) is 16.3. The van der Waals surface area contributed by atoms with Crippen molar-refractivity contribution in [2.24, 2.45) is 16.9 Å². The second-order valence-electron chi connectivity index (χ2n) is 12.7. The summed E-state index contributed by atoms with van der Waals surface area (Å²) < 4.78 is 63.5. The highest BCUT2D eigenvalue weighted by atomic mass is 19.4. The van der Waals surface area contributed by atoms with E-state index in [2.05, 4.69) is 95.4 Å². The predicted molar refractivity (Wildman–Crippen MR) is 163 cm³/mol. The highest BCUT2D eigenvalue weighted by Crippen LogP contribution is 2.31. The Morgan fingerprint density at radius 2 is 0.957 bits per heavy atom. The Labute approximate surface area is 265 Å². The number of alkyl halides is 6. The van der Waals surface area contributed by atoms with Crippen LogP contribution in [0, 0.1) is 5.41 Å². The van der Waals surface area contributed by atoms with Gasteiger partial charge in [0.2, 0.25) is 5.91 Å². The van der Waals surface area contributed by atoms with Gasteiger partial charge < -0.3 is 27.0 Å². The number of halogens is 6. The van der Waals surface area contributed by atoms with E-state index in [4.69, 9.17) is 31.3 Å². The maximum absolute atomic E-state index is 13.4. The molecule has 1 amide bonds. The molecule has 0 aliphatic carbocycles. The normalized spacial score (nSPS) is 12.2. The van der Waals surface area contributed by atoms with Gasteiger partial charge >= 0.3 is 24.3 Å². The van der Waals surface area contributed by atoms with Gasteiger partial charge in [0, 0.05) is 13.1 Å². The molecule has 260 valence electrons. The van der Waals surface area contributed by atoms with Gasteiger partial charge in [-0.05, 0) is 58.9 Å². The average Bonchev–Trinajstić information content (AvgIpc) is 2.92. The maximum Gasteiger partial charge on any atom is 0.490 e. The second kappa shape index (κ2) is 17.3. The van der Waals surface area contributed by atoms with Gasteiger partial charge in [0.1, 0.15) is 0 Å². The van der Waals surface area contributed by atoms with Crippen LogP contribution in [0.1, 0.15) is 70.2 Å². The van der Waals surface area contributed by atoms with E-state index < -0.39 is 29.7 Å². The number of hydrogen-bond donors (Lipinski definition) is 5. The lowest BCUT2D eigenvalue weighted by molar-refractivity contribution is -0.193. The Balaban J connectivity index is 0.00000120. The van der Waals surface area contributed by atoms with Crippen LogP contribution in [0.2, 0.25) is 0 Å². The van der Waals surface area contributed by atoms with Crippen molar-refractivity contribution >= 4 is 17.8 Å². The third-order valence-electron chi connectivity index (χ3n) is 6.75. The van der Waals surface area contributed by atoms with Gasteiger partial charge in [-0.2, -0.15) is 26.3 Å². The van der Waals surface area contributed by atoms with Crippen LogP contribution in [0.5, 0.6) is 0 Å². The Bertz CT molecular complexity index is 1160. The monoisotopic (exact) mass is 665 g/mol. The van der Waals surface area contributed by atoms with Crippen LogP contribution in [0.25, 0.3) is 0 Å². The molecule has 0 bridgehead atoms. The van der Waals surface area contributed by atoms with Crippen molar-refractivity contribution in [1.82, 2.24) is 5.32 Å². The summed E-state index contributed by atoms with van der Waals surface area (Å²) in [6.45, 7) is 14.6. The summed E-state index contributed by atoms with van der Waals surface area (Å²) in [5, 5.41) is 17.3. The fraction of sp³-hybridized carbons (Fsp3) is 0.531. The lowest BCUT2D eigenvalue weighted by Gasteiger charge is -2.32. The molecule has 2 aromatic rings. The lowest BCUT2D eigenvalue weighted by Crippen LogP contribution is -2.49. The number of hydrogen-bond acceptors (Lipinski definition) is 5. The SMILES string of the molecule is CC(C)(C)c1ccc(CC(CN)(Cc2ccc(C(C)(C)C)cc2)C(=O)NCCCN)cc1.O=C(O)C(F)(F)F.O=C(O)C(F)(F)F. The van der Waals surface area contributed by atoms with Crippen LogP contribution in [0.3, 0.4) is 0 Å². The van der Waals surface area contributed by atoms with Gasteiger partial charge in [-0.15, -0.1) is 0 Å². The molecule has 2 rings (SSSR count). The minimum atomic E-state index is -5.08. The molecular weight excluding hydrogens is 620 g/mol. The predicted octanol–water partition coefficient (Wildman–Crippen LogP) is 5.74. The number of amides is 1. The van der Waals surface area contributed by atoms with Gasteiger partial charge in [-0.3, -0.25) is 4.79 Å². The molecule has 7 N–H and O–H groups in total. The van der Waals surface area contributed by atoms with E-state index in [-0.39, 0.29) is 23.3 Å². The van der Waals surface area contributed by atoms with Crippen LogP contribution >= 0.6 is 0 Å². The number of benzene rings is 2. The van der Waals surface area contributed by atoms with Crippen molar-refractivity contribution in [2.75, 3.05) is 19.6 Å². The third-order valence-corrected chi connectivity index (χ3v) is 6.75. The summed E-state index contributed by atoms with van der Waals surface area (Å²) in [4.78, 5) is 31.2. The Morgan fingerprint density at radius 3 is 1.17 bits per heavy atom. The largest absolute Gasteiger partial charge is 0.490 e. The van der Waals surface area contributed by atoms with E-state index in [1.54, 1.807) is 0 Å². The topological polar surface area (TPSA) is 156 Å². The van der Waals surface area contributed by atoms with Gasteiger partial charge in [0.15, 0.2) is 0 Å². The number of carboxylic acid groups (broad SMARTS) is 2. The molecule has 0 saturated carbocycles. The minimum absolute atomic E-state index is 0.00764. The van der Waals surface area contributed by atoms with E-state index >= 15 is 0 Å². The molecule has 0 aromatic heterocycles. The van der Waals surface area contributed by atoms with Crippen LogP contribution in [-0.2, 0) is 38.1 Å². The molecule has 0 aliphatic heterocycles. The van der Waals surface area contributed by atoms with Crippen molar-refractivity contribution in [1.29, 1.82) is 0 Å². The fourth-order valence-electron chi connectivity index (χ4n) is 3.98. The van der Waals surface area contributed by atoms with Crippen LogP contribution < -0.4 is 16.8 Å². The molecule has 0 spiro atoms. The van der Waals surface area contributed by atoms with Crippen molar-refractivity contribution in [3.8, 4) is 0 Å². The molecule has 0 radical (unpaired) electrons. The van der Waals surface area contributed by atoms with E-state index in [9.17, 15) is 31.1 Å². The number of carboxylic acids is 2. The van der Waals surface area contributed by atoms with Crippen molar-refractivity contribution < 1.29 is 50.9 Å². The molecule has 0 fully saturated rings. The third kappa shape index (κ3) is 15.1. The van der Waals surface area contributed by atoms with Crippen molar-refractivity contribution in [2.45, 2.75) is 84.0 Å². The maximum atomic E-state index is 13.4. The fourth-order valence-corrected chi connectivity index (χ4v) is 3.98. The first-order chi connectivity index (χ1) is 20.8. The number of aliphatic carboxylic acids is 2. The summed E-state index contributed by atoms with van der Waals surface area (Å²) in [6, 6.07) is 17.2. The molecule has 14 heteroatoms. The standard InChI is InChI=1S/C28H43N3O.2C2HF3O2/c1-26(2,3)23-12-8-21(9-13-23)18-28(20-30,25(32)31-17-7-16-29)19-22-10-14-24(15-11-22)27(4,5)6;2*3-2(4,5)1(6)7/h8-15H,7,16-20,29-30H2,1-6H3,(H,31,32);2*(H,6,7). The minimum Gasteiger partial charge on any atom is -0.475 e. The zero-order valence-corrected chi connectivity index (χ0v) is 26.9. The number of nitrogens with one attached hydrogen (secondary N) is 1. The van der Waals surface area contributed by atoms with E-state index in [1.165, 1.54) is 11.1 Å². The van der Waals surface area contributed by atoms with Crippen LogP contribution in [0.15, 0.2) is 48.5 Å². The van der Waals surface area contributed by atoms with Crippen LogP contribution in [0.4, 0.5) is 26.3 Å². The number of rotatable bonds is 9. The molecule has 0 unspecified atom stereocenters. The van der Waals surface area contributed by atoms with E-state index in [1.807, 2.05) is 0 Å². The number of nitrogens with two attached hydrogens (primary N) is 2. The highest BCUT2D eigenvalue weighted by Gasteiger charge is 2.39. The molecule has 0 saturated heterocycles. The van der Waals surface area contributed by atoms with E-state index in [0.717, 1.165) is 17.5 Å². The summed E-state index contributed by atoms with van der Waals surface area (Å²) in [7, 11) is 0. The number of carbonyl (C=O) groups is 3. The summed E-state index contributed by atoms with van der Waals surface area (Å²) in [6.07, 6.45) is -8.21. The summed E-state index contributed by atoms with van der Waals surface area (Å²) in [5.74, 6) is -5.51. The molecule has 0 aliphatic rings. The van der Waals surface area contributed by atoms with Gasteiger partial charge in [-0.1, -0.05) is 90.1 Å². The van der Waals surface area contributed by atoms with E-state index in [0.29, 0.717) is 25.9 Å². The first-order valence-electron chi connectivity index (χ1n) is 14.3. The molecule has 0 atom stereocenters. The van der Waals surface area contributed by atoms with Crippen LogP contribution in [-0.4, -0.2) is 60.0 Å². The summed E-state index contributed by atoms with van der Waals surface area (Å²) >= 11 is 0. The van der Waals surface area contributed by atoms with Crippen molar-refractivity contribution in [3.05, 3.63) is 70.8 Å². The zero-order chi connectivity index (χ0) is 36.1. The molecular formula is C32H45F6N3O5. The number of carbonyl (C=O) groups excluding carboxylic acids is 1. The first-order valence-corrected chi connectivity index (χ1v) is 14.3. The molecule has 0 heterocycles. The Morgan fingerprint density at radius 1 is 0.652 bits per heavy atom. The molecule has 2 aromatic carbocycles. The highest BCUT2D eigenvalue weighted by molar-refractivity contribution is 5.83. The van der Waals surface area contributed by atoms with Gasteiger partial charge in [0.05, 0.1) is 5.41 Å². The smallest absolute Gasteiger partial charge is 0.475 e.